The van der Waals surface area contributed by atoms with Crippen LogP contribution in [0.5, 0.6) is 5.75 Å². The molecule has 1 saturated heterocycles. The van der Waals surface area contributed by atoms with Crippen LogP contribution in [0.25, 0.3) is 6.08 Å². The van der Waals surface area contributed by atoms with Gasteiger partial charge in [-0.05, 0) is 35.5 Å². The van der Waals surface area contributed by atoms with Gasteiger partial charge in [-0.15, -0.1) is 0 Å². The number of rotatable bonds is 6. The predicted octanol–water partition coefficient (Wildman–Crippen LogP) is 2.37. The molecule has 1 aliphatic rings. The molecule has 1 aromatic rings. The van der Waals surface area contributed by atoms with E-state index in [0.29, 0.717) is 22.8 Å². The standard InChI is InChI=1S/C15H13NO5S/c1-2-7-21-11-5-3-10(4-6-11)8-12-14(19)16(9-13(17)18)15(20)22-12/h2-6,8H,1,7,9H2,(H,17,18)/b12-8+. The molecule has 0 saturated carbocycles. The van der Waals surface area contributed by atoms with Crippen molar-refractivity contribution in [3.8, 4) is 5.75 Å². The third kappa shape index (κ3) is 3.76. The molecule has 114 valence electrons. The molecule has 1 heterocycles. The zero-order valence-electron chi connectivity index (χ0n) is 11.5. The monoisotopic (exact) mass is 319 g/mol. The molecule has 2 rings (SSSR count). The highest BCUT2D eigenvalue weighted by Gasteiger charge is 2.36. The molecule has 0 bridgehead atoms. The number of amides is 2. The van der Waals surface area contributed by atoms with Crippen molar-refractivity contribution >= 4 is 35.0 Å². The molecule has 0 radical (unpaired) electrons. The number of thioether (sulfide) groups is 1. The average molecular weight is 319 g/mol. The van der Waals surface area contributed by atoms with Gasteiger partial charge in [0.15, 0.2) is 0 Å². The third-order valence-electron chi connectivity index (χ3n) is 2.71. The van der Waals surface area contributed by atoms with Crippen LogP contribution >= 0.6 is 11.8 Å². The van der Waals surface area contributed by atoms with Crippen molar-refractivity contribution in [1.29, 1.82) is 0 Å². The summed E-state index contributed by atoms with van der Waals surface area (Å²) < 4.78 is 5.34. The summed E-state index contributed by atoms with van der Waals surface area (Å²) >= 11 is 0.727. The lowest BCUT2D eigenvalue weighted by atomic mass is 10.2. The molecule has 22 heavy (non-hydrogen) atoms. The summed E-state index contributed by atoms with van der Waals surface area (Å²) in [5.41, 5.74) is 0.715. The average Bonchev–Trinajstić information content (AvgIpc) is 2.74. The van der Waals surface area contributed by atoms with E-state index in [1.807, 2.05) is 0 Å². The number of carbonyl (C=O) groups excluding carboxylic acids is 2. The summed E-state index contributed by atoms with van der Waals surface area (Å²) in [4.78, 5) is 35.2. The van der Waals surface area contributed by atoms with Gasteiger partial charge in [-0.25, -0.2) is 0 Å². The fraction of sp³-hybridized carbons (Fsp3) is 0.133. The minimum absolute atomic E-state index is 0.200. The smallest absolute Gasteiger partial charge is 0.323 e. The Morgan fingerprint density at radius 2 is 2.00 bits per heavy atom. The number of imide groups is 1. The number of ether oxygens (including phenoxy) is 1. The zero-order chi connectivity index (χ0) is 16.1. The molecule has 0 aliphatic carbocycles. The topological polar surface area (TPSA) is 83.9 Å². The summed E-state index contributed by atoms with van der Waals surface area (Å²) in [6, 6.07) is 6.95. The molecule has 6 nitrogen and oxygen atoms in total. The SMILES string of the molecule is C=CCOc1ccc(/C=C2/SC(=O)N(CC(=O)O)C2=O)cc1. The molecule has 0 spiro atoms. The molecule has 1 N–H and O–H groups in total. The maximum atomic E-state index is 12.0. The highest BCUT2D eigenvalue weighted by atomic mass is 32.2. The Hall–Kier alpha value is -2.54. The van der Waals surface area contributed by atoms with Gasteiger partial charge in [0.05, 0.1) is 4.91 Å². The maximum Gasteiger partial charge on any atom is 0.323 e. The normalized spacial score (nSPS) is 16.2. The Morgan fingerprint density at radius 3 is 2.59 bits per heavy atom. The van der Waals surface area contributed by atoms with Gasteiger partial charge in [-0.2, -0.15) is 0 Å². The van der Waals surface area contributed by atoms with Crippen LogP contribution in [0.4, 0.5) is 4.79 Å². The minimum atomic E-state index is -1.23. The Labute approximate surface area is 131 Å². The number of hydrogen-bond donors (Lipinski definition) is 1. The van der Waals surface area contributed by atoms with Crippen LogP contribution in [-0.4, -0.2) is 40.3 Å². The molecular formula is C15H13NO5S. The van der Waals surface area contributed by atoms with E-state index in [4.69, 9.17) is 9.84 Å². The molecule has 7 heteroatoms. The van der Waals surface area contributed by atoms with Crippen LogP contribution < -0.4 is 4.74 Å². The van der Waals surface area contributed by atoms with E-state index in [1.165, 1.54) is 0 Å². The number of carboxylic acid groups (broad SMARTS) is 1. The number of benzene rings is 1. The fourth-order valence-corrected chi connectivity index (χ4v) is 2.58. The van der Waals surface area contributed by atoms with Gasteiger partial charge in [0.1, 0.15) is 18.9 Å². The Morgan fingerprint density at radius 1 is 1.32 bits per heavy atom. The van der Waals surface area contributed by atoms with Crippen molar-refractivity contribution in [3.63, 3.8) is 0 Å². The first-order valence-electron chi connectivity index (χ1n) is 6.32. The second-order valence-corrected chi connectivity index (χ2v) is 5.32. The lowest BCUT2D eigenvalue weighted by Crippen LogP contribution is -2.33. The van der Waals surface area contributed by atoms with Crippen molar-refractivity contribution in [3.05, 3.63) is 47.4 Å². The van der Waals surface area contributed by atoms with E-state index in [0.717, 1.165) is 11.8 Å². The number of carbonyl (C=O) groups is 3. The Bertz CT molecular complexity index is 650. The van der Waals surface area contributed by atoms with E-state index < -0.39 is 23.7 Å². The van der Waals surface area contributed by atoms with Crippen molar-refractivity contribution in [1.82, 2.24) is 4.90 Å². The second-order valence-electron chi connectivity index (χ2n) is 4.33. The van der Waals surface area contributed by atoms with Crippen LogP contribution in [0, 0.1) is 0 Å². The van der Waals surface area contributed by atoms with Crippen LogP contribution in [0.3, 0.4) is 0 Å². The molecule has 0 unspecified atom stereocenters. The van der Waals surface area contributed by atoms with Gasteiger partial charge in [0.2, 0.25) is 0 Å². The lowest BCUT2D eigenvalue weighted by molar-refractivity contribution is -0.140. The van der Waals surface area contributed by atoms with E-state index in [2.05, 4.69) is 6.58 Å². The molecule has 2 amide bonds. The predicted molar refractivity (Wildman–Crippen MR) is 82.4 cm³/mol. The van der Waals surface area contributed by atoms with Gasteiger partial charge in [0, 0.05) is 0 Å². The number of hydrogen-bond acceptors (Lipinski definition) is 5. The van der Waals surface area contributed by atoms with E-state index in [1.54, 1.807) is 36.4 Å². The first kappa shape index (κ1) is 15.8. The quantitative estimate of drug-likeness (QED) is 0.640. The van der Waals surface area contributed by atoms with Crippen LogP contribution in [0.1, 0.15) is 5.56 Å². The maximum absolute atomic E-state index is 12.0. The molecule has 0 atom stereocenters. The summed E-state index contributed by atoms with van der Waals surface area (Å²) in [5, 5.41) is 8.11. The molecule has 1 aliphatic heterocycles. The van der Waals surface area contributed by atoms with Crippen molar-refractivity contribution in [2.75, 3.05) is 13.2 Å². The summed E-state index contributed by atoms with van der Waals surface area (Å²) in [6.45, 7) is 3.32. The lowest BCUT2D eigenvalue weighted by Gasteiger charge is -2.07. The van der Waals surface area contributed by atoms with Gasteiger partial charge in [0.25, 0.3) is 11.1 Å². The van der Waals surface area contributed by atoms with Crippen molar-refractivity contribution in [2.45, 2.75) is 0 Å². The van der Waals surface area contributed by atoms with Crippen LogP contribution in [-0.2, 0) is 9.59 Å². The van der Waals surface area contributed by atoms with Gasteiger partial charge in [-0.1, -0.05) is 24.8 Å². The number of carboxylic acids is 1. The highest BCUT2D eigenvalue weighted by Crippen LogP contribution is 2.32. The Balaban J connectivity index is 2.12. The van der Waals surface area contributed by atoms with Crippen LogP contribution in [0.2, 0.25) is 0 Å². The molecular weight excluding hydrogens is 306 g/mol. The summed E-state index contributed by atoms with van der Waals surface area (Å²) in [7, 11) is 0. The van der Waals surface area contributed by atoms with Crippen molar-refractivity contribution in [2.24, 2.45) is 0 Å². The number of nitrogens with zero attached hydrogens (tertiary/aromatic N) is 1. The largest absolute Gasteiger partial charge is 0.490 e. The van der Waals surface area contributed by atoms with Gasteiger partial charge in [-0.3, -0.25) is 19.3 Å². The number of aliphatic carboxylic acids is 1. The van der Waals surface area contributed by atoms with E-state index in [-0.39, 0.29) is 4.91 Å². The van der Waals surface area contributed by atoms with Crippen LogP contribution in [0.15, 0.2) is 41.8 Å². The fourth-order valence-electron chi connectivity index (χ4n) is 1.74. The highest BCUT2D eigenvalue weighted by molar-refractivity contribution is 8.18. The minimum Gasteiger partial charge on any atom is -0.490 e. The van der Waals surface area contributed by atoms with Crippen molar-refractivity contribution < 1.29 is 24.2 Å². The van der Waals surface area contributed by atoms with Gasteiger partial charge >= 0.3 is 5.97 Å². The van der Waals surface area contributed by atoms with E-state index >= 15 is 0 Å². The summed E-state index contributed by atoms with van der Waals surface area (Å²) in [5.74, 6) is -1.16. The van der Waals surface area contributed by atoms with Gasteiger partial charge < -0.3 is 9.84 Å². The third-order valence-corrected chi connectivity index (χ3v) is 3.62. The first-order chi connectivity index (χ1) is 10.5. The summed E-state index contributed by atoms with van der Waals surface area (Å²) in [6.07, 6.45) is 3.18. The molecule has 1 aromatic carbocycles. The zero-order valence-corrected chi connectivity index (χ0v) is 12.3. The second kappa shape index (κ2) is 6.95. The molecule has 0 aromatic heterocycles. The Kier molecular flexibility index (Phi) is 5.00. The van der Waals surface area contributed by atoms with E-state index in [9.17, 15) is 14.4 Å². The molecule has 1 fully saturated rings. The first-order valence-corrected chi connectivity index (χ1v) is 7.14.